The lowest BCUT2D eigenvalue weighted by molar-refractivity contribution is 0.0156. The summed E-state index contributed by atoms with van der Waals surface area (Å²) >= 11 is 0. The van der Waals surface area contributed by atoms with Gasteiger partial charge in [-0.3, -0.25) is 0 Å². The van der Waals surface area contributed by atoms with Crippen LogP contribution in [0.15, 0.2) is 0 Å². The van der Waals surface area contributed by atoms with Crippen molar-refractivity contribution in [1.29, 1.82) is 0 Å². The highest BCUT2D eigenvalue weighted by molar-refractivity contribution is 5.47. The lowest BCUT2D eigenvalue weighted by atomic mass is 10.0. The van der Waals surface area contributed by atoms with Crippen LogP contribution in [0.3, 0.4) is 0 Å². The number of anilines is 1. The van der Waals surface area contributed by atoms with Crippen LogP contribution in [0.2, 0.25) is 0 Å². The molecule has 0 radical (unpaired) electrons. The van der Waals surface area contributed by atoms with Gasteiger partial charge in [-0.2, -0.15) is 0 Å². The highest BCUT2D eigenvalue weighted by Crippen LogP contribution is 2.25. The fraction of sp³-hybridized carbons (Fsp3) is 0.733. The van der Waals surface area contributed by atoms with Gasteiger partial charge in [0.1, 0.15) is 11.6 Å². The van der Waals surface area contributed by atoms with Crippen molar-refractivity contribution in [2.45, 2.75) is 58.5 Å². The van der Waals surface area contributed by atoms with Crippen LogP contribution in [0.5, 0.6) is 0 Å². The molecule has 2 rings (SSSR count). The standard InChI is InChI=1S/C15H25N3O/c1-10(2)14-11(3)17-13(18-15(14)16-4)9-12-7-5-6-8-19-12/h10,12H,5-9H2,1-4H3,(H,16,17,18). The highest BCUT2D eigenvalue weighted by Gasteiger charge is 2.19. The number of hydrogen-bond donors (Lipinski definition) is 1. The first kappa shape index (κ1) is 14.3. The fourth-order valence-corrected chi connectivity index (χ4v) is 2.78. The van der Waals surface area contributed by atoms with Crippen molar-refractivity contribution in [3.8, 4) is 0 Å². The number of rotatable bonds is 4. The van der Waals surface area contributed by atoms with Crippen LogP contribution >= 0.6 is 0 Å². The number of aryl methyl sites for hydroxylation is 1. The predicted molar refractivity (Wildman–Crippen MR) is 77.7 cm³/mol. The Morgan fingerprint density at radius 3 is 2.68 bits per heavy atom. The summed E-state index contributed by atoms with van der Waals surface area (Å²) in [5.41, 5.74) is 2.30. The third-order valence-corrected chi connectivity index (χ3v) is 3.68. The minimum atomic E-state index is 0.294. The molecule has 0 aliphatic carbocycles. The van der Waals surface area contributed by atoms with Crippen LogP contribution < -0.4 is 5.32 Å². The van der Waals surface area contributed by atoms with E-state index in [-0.39, 0.29) is 0 Å². The summed E-state index contributed by atoms with van der Waals surface area (Å²) < 4.78 is 5.77. The molecule has 1 N–H and O–H groups in total. The van der Waals surface area contributed by atoms with Gasteiger partial charge in [-0.25, -0.2) is 9.97 Å². The maximum atomic E-state index is 5.77. The molecule has 4 nitrogen and oxygen atoms in total. The largest absolute Gasteiger partial charge is 0.378 e. The fourth-order valence-electron chi connectivity index (χ4n) is 2.78. The van der Waals surface area contributed by atoms with Crippen LogP contribution in [-0.4, -0.2) is 29.7 Å². The summed E-state index contributed by atoms with van der Waals surface area (Å²) in [6.45, 7) is 7.31. The van der Waals surface area contributed by atoms with E-state index in [4.69, 9.17) is 4.74 Å². The van der Waals surface area contributed by atoms with Gasteiger partial charge in [0.2, 0.25) is 0 Å². The smallest absolute Gasteiger partial charge is 0.133 e. The lowest BCUT2D eigenvalue weighted by Gasteiger charge is -2.23. The number of nitrogens with one attached hydrogen (secondary N) is 1. The molecule has 1 unspecified atom stereocenters. The van der Waals surface area contributed by atoms with E-state index in [0.717, 1.165) is 36.8 Å². The van der Waals surface area contributed by atoms with Crippen molar-refractivity contribution in [2.75, 3.05) is 19.0 Å². The normalized spacial score (nSPS) is 19.7. The molecule has 1 aliphatic rings. The molecule has 1 aromatic rings. The predicted octanol–water partition coefficient (Wildman–Crippen LogP) is 3.06. The molecular weight excluding hydrogens is 238 g/mol. The molecule has 0 amide bonds. The van der Waals surface area contributed by atoms with Gasteiger partial charge >= 0.3 is 0 Å². The molecule has 1 fully saturated rings. The van der Waals surface area contributed by atoms with Crippen molar-refractivity contribution in [3.05, 3.63) is 17.1 Å². The zero-order chi connectivity index (χ0) is 13.8. The maximum Gasteiger partial charge on any atom is 0.133 e. The van der Waals surface area contributed by atoms with Crippen LogP contribution in [0.4, 0.5) is 5.82 Å². The average molecular weight is 263 g/mol. The van der Waals surface area contributed by atoms with Gasteiger partial charge in [-0.05, 0) is 32.1 Å². The third-order valence-electron chi connectivity index (χ3n) is 3.68. The second-order valence-electron chi connectivity index (χ2n) is 5.58. The molecule has 1 aliphatic heterocycles. The Morgan fingerprint density at radius 2 is 2.11 bits per heavy atom. The van der Waals surface area contributed by atoms with Crippen molar-refractivity contribution >= 4 is 5.82 Å². The zero-order valence-electron chi connectivity index (χ0n) is 12.5. The highest BCUT2D eigenvalue weighted by atomic mass is 16.5. The first-order valence-corrected chi connectivity index (χ1v) is 7.28. The quantitative estimate of drug-likeness (QED) is 0.907. The first-order chi connectivity index (χ1) is 9.11. The van der Waals surface area contributed by atoms with E-state index in [9.17, 15) is 0 Å². The van der Waals surface area contributed by atoms with Crippen LogP contribution in [0.25, 0.3) is 0 Å². The van der Waals surface area contributed by atoms with E-state index >= 15 is 0 Å². The molecular formula is C15H25N3O. The molecule has 1 saturated heterocycles. The molecule has 0 aromatic carbocycles. The number of nitrogens with zero attached hydrogens (tertiary/aromatic N) is 2. The van der Waals surface area contributed by atoms with Crippen molar-refractivity contribution in [2.24, 2.45) is 0 Å². The van der Waals surface area contributed by atoms with Crippen LogP contribution in [0, 0.1) is 6.92 Å². The third kappa shape index (κ3) is 3.44. The minimum Gasteiger partial charge on any atom is -0.378 e. The van der Waals surface area contributed by atoms with Crippen LogP contribution in [0.1, 0.15) is 56.1 Å². The van der Waals surface area contributed by atoms with Gasteiger partial charge in [0.05, 0.1) is 6.10 Å². The molecule has 1 atom stereocenters. The molecule has 0 spiro atoms. The Balaban J connectivity index is 2.19. The van der Waals surface area contributed by atoms with Gasteiger partial charge in [-0.1, -0.05) is 13.8 Å². The van der Waals surface area contributed by atoms with E-state index in [1.807, 2.05) is 7.05 Å². The van der Waals surface area contributed by atoms with E-state index in [1.54, 1.807) is 0 Å². The first-order valence-electron chi connectivity index (χ1n) is 7.28. The maximum absolute atomic E-state index is 5.77. The molecule has 1 aromatic heterocycles. The summed E-state index contributed by atoms with van der Waals surface area (Å²) in [4.78, 5) is 9.33. The lowest BCUT2D eigenvalue weighted by Crippen LogP contribution is -2.23. The van der Waals surface area contributed by atoms with E-state index in [0.29, 0.717) is 12.0 Å². The summed E-state index contributed by atoms with van der Waals surface area (Å²) in [6, 6.07) is 0. The molecule has 0 bridgehead atoms. The van der Waals surface area contributed by atoms with Gasteiger partial charge in [0.25, 0.3) is 0 Å². The number of ether oxygens (including phenoxy) is 1. The minimum absolute atomic E-state index is 0.294. The zero-order valence-corrected chi connectivity index (χ0v) is 12.5. The monoisotopic (exact) mass is 263 g/mol. The van der Waals surface area contributed by atoms with Gasteiger partial charge in [0.15, 0.2) is 0 Å². The Morgan fingerprint density at radius 1 is 1.32 bits per heavy atom. The summed E-state index contributed by atoms with van der Waals surface area (Å²) in [7, 11) is 1.93. The van der Waals surface area contributed by atoms with E-state index in [1.165, 1.54) is 18.4 Å². The van der Waals surface area contributed by atoms with Crippen molar-refractivity contribution in [1.82, 2.24) is 9.97 Å². The summed E-state index contributed by atoms with van der Waals surface area (Å²) in [6.07, 6.45) is 4.69. The Hall–Kier alpha value is -1.16. The molecule has 4 heteroatoms. The molecule has 2 heterocycles. The average Bonchev–Trinajstić information content (AvgIpc) is 2.38. The second kappa shape index (κ2) is 6.33. The van der Waals surface area contributed by atoms with Gasteiger partial charge < -0.3 is 10.1 Å². The molecule has 106 valence electrons. The van der Waals surface area contributed by atoms with Crippen molar-refractivity contribution in [3.63, 3.8) is 0 Å². The molecule has 19 heavy (non-hydrogen) atoms. The SMILES string of the molecule is CNc1nc(CC2CCCCO2)nc(C)c1C(C)C. The molecule has 0 saturated carbocycles. The second-order valence-corrected chi connectivity index (χ2v) is 5.58. The van der Waals surface area contributed by atoms with Gasteiger partial charge in [-0.15, -0.1) is 0 Å². The summed E-state index contributed by atoms with van der Waals surface area (Å²) in [5, 5.41) is 3.20. The van der Waals surface area contributed by atoms with Crippen LogP contribution in [-0.2, 0) is 11.2 Å². The Kier molecular flexibility index (Phi) is 4.75. The number of hydrogen-bond acceptors (Lipinski definition) is 4. The summed E-state index contributed by atoms with van der Waals surface area (Å²) in [5.74, 6) is 2.30. The van der Waals surface area contributed by atoms with E-state index < -0.39 is 0 Å². The van der Waals surface area contributed by atoms with Crippen molar-refractivity contribution < 1.29 is 4.74 Å². The Bertz CT molecular complexity index is 426. The topological polar surface area (TPSA) is 47.0 Å². The Labute approximate surface area is 116 Å². The van der Waals surface area contributed by atoms with Gasteiger partial charge in [0, 0.05) is 31.3 Å². The number of aromatic nitrogens is 2. The van der Waals surface area contributed by atoms with E-state index in [2.05, 4.69) is 36.1 Å².